The molecule has 1 fully saturated rings. The summed E-state index contributed by atoms with van der Waals surface area (Å²) in [4.78, 5) is 18.7. The maximum atomic E-state index is 12.4. The molecule has 3 rings (SSSR count). The molecule has 0 bridgehead atoms. The van der Waals surface area contributed by atoms with E-state index in [2.05, 4.69) is 25.6 Å². The van der Waals surface area contributed by atoms with Crippen LogP contribution in [-0.4, -0.2) is 52.8 Å². The van der Waals surface area contributed by atoms with Crippen LogP contribution in [0, 0.1) is 0 Å². The molecule has 0 aliphatic carbocycles. The van der Waals surface area contributed by atoms with Gasteiger partial charge in [-0.1, -0.05) is 0 Å². The van der Waals surface area contributed by atoms with Gasteiger partial charge in [-0.3, -0.25) is 9.48 Å². The first-order valence-corrected chi connectivity index (χ1v) is 8.29. The molecule has 0 saturated carbocycles. The lowest BCUT2D eigenvalue weighted by molar-refractivity contribution is 0.102. The average Bonchev–Trinajstić information content (AvgIpc) is 3.05. The Morgan fingerprint density at radius 3 is 3.08 bits per heavy atom. The normalized spacial score (nSPS) is 17.9. The summed E-state index contributed by atoms with van der Waals surface area (Å²) in [5.74, 6) is 0.320. The predicted octanol–water partition coefficient (Wildman–Crippen LogP) is 1.52. The van der Waals surface area contributed by atoms with Crippen LogP contribution < -0.4 is 10.6 Å². The molecule has 1 amide bonds. The average molecular weight is 328 g/mol. The third-order valence-corrected chi connectivity index (χ3v) is 4.05. The third kappa shape index (κ3) is 4.18. The predicted molar refractivity (Wildman–Crippen MR) is 92.9 cm³/mol. The van der Waals surface area contributed by atoms with E-state index in [9.17, 15) is 4.79 Å². The molecular formula is C17H24N6O. The molecule has 7 heteroatoms. The summed E-state index contributed by atoms with van der Waals surface area (Å²) in [7, 11) is 4.01. The number of piperidine rings is 1. The number of nitrogens with one attached hydrogen (secondary N) is 2. The first-order chi connectivity index (χ1) is 11.6. The van der Waals surface area contributed by atoms with Crippen LogP contribution in [0.15, 0.2) is 30.6 Å². The molecular weight excluding hydrogens is 304 g/mol. The van der Waals surface area contributed by atoms with Crippen LogP contribution in [0.25, 0.3) is 0 Å². The molecule has 3 heterocycles. The van der Waals surface area contributed by atoms with Crippen LogP contribution in [0.2, 0.25) is 0 Å². The summed E-state index contributed by atoms with van der Waals surface area (Å²) in [5.41, 5.74) is 1.52. The SMILES string of the molecule is CN(C)Cc1ccnc(NC(=O)c2ccn(C3CCCNC3)n2)c1. The number of rotatable bonds is 5. The van der Waals surface area contributed by atoms with Crippen LogP contribution in [-0.2, 0) is 6.54 Å². The molecule has 0 spiro atoms. The van der Waals surface area contributed by atoms with E-state index in [1.807, 2.05) is 37.1 Å². The van der Waals surface area contributed by atoms with Crippen molar-refractivity contribution >= 4 is 11.7 Å². The molecule has 1 atom stereocenters. The second kappa shape index (κ2) is 7.55. The second-order valence-corrected chi connectivity index (χ2v) is 6.42. The first-order valence-electron chi connectivity index (χ1n) is 8.29. The van der Waals surface area contributed by atoms with Crippen molar-refractivity contribution in [2.75, 3.05) is 32.5 Å². The number of amides is 1. The minimum absolute atomic E-state index is 0.230. The largest absolute Gasteiger partial charge is 0.315 e. The number of carbonyl (C=O) groups excluding carboxylic acids is 1. The lowest BCUT2D eigenvalue weighted by Crippen LogP contribution is -2.32. The summed E-state index contributed by atoms with van der Waals surface area (Å²) in [6.45, 7) is 2.76. The highest BCUT2D eigenvalue weighted by atomic mass is 16.2. The molecule has 0 aromatic carbocycles. The maximum absolute atomic E-state index is 12.4. The summed E-state index contributed by atoms with van der Waals surface area (Å²) in [5, 5.41) is 10.6. The standard InChI is InChI=1S/C17H24N6O/c1-22(2)12-13-5-8-19-16(10-13)20-17(24)15-6-9-23(21-15)14-4-3-7-18-11-14/h5-6,8-10,14,18H,3-4,7,11-12H2,1-2H3,(H,19,20,24). The Hall–Kier alpha value is -2.25. The van der Waals surface area contributed by atoms with E-state index in [0.29, 0.717) is 17.6 Å². The fourth-order valence-corrected chi connectivity index (χ4v) is 2.91. The van der Waals surface area contributed by atoms with E-state index in [-0.39, 0.29) is 5.91 Å². The van der Waals surface area contributed by atoms with Gasteiger partial charge in [0.05, 0.1) is 6.04 Å². The molecule has 0 radical (unpaired) electrons. The summed E-state index contributed by atoms with van der Waals surface area (Å²) < 4.78 is 1.89. The van der Waals surface area contributed by atoms with Gasteiger partial charge in [0.15, 0.2) is 5.69 Å². The molecule has 128 valence electrons. The van der Waals surface area contributed by atoms with Crippen molar-refractivity contribution < 1.29 is 4.79 Å². The third-order valence-electron chi connectivity index (χ3n) is 4.05. The van der Waals surface area contributed by atoms with Gasteiger partial charge in [0.2, 0.25) is 0 Å². The van der Waals surface area contributed by atoms with E-state index in [4.69, 9.17) is 0 Å². The Labute approximate surface area is 142 Å². The van der Waals surface area contributed by atoms with Crippen LogP contribution in [0.4, 0.5) is 5.82 Å². The van der Waals surface area contributed by atoms with E-state index in [1.165, 1.54) is 0 Å². The Bertz CT molecular complexity index is 690. The summed E-state index contributed by atoms with van der Waals surface area (Å²) in [6.07, 6.45) is 5.81. The van der Waals surface area contributed by atoms with E-state index in [0.717, 1.165) is 38.0 Å². The van der Waals surface area contributed by atoms with E-state index >= 15 is 0 Å². The molecule has 1 saturated heterocycles. The summed E-state index contributed by atoms with van der Waals surface area (Å²) in [6, 6.07) is 5.91. The van der Waals surface area contributed by atoms with Gasteiger partial charge < -0.3 is 15.5 Å². The molecule has 2 aromatic rings. The van der Waals surface area contributed by atoms with Gasteiger partial charge in [0, 0.05) is 25.5 Å². The van der Waals surface area contributed by atoms with Gasteiger partial charge >= 0.3 is 0 Å². The zero-order valence-corrected chi connectivity index (χ0v) is 14.2. The van der Waals surface area contributed by atoms with Crippen molar-refractivity contribution in [1.29, 1.82) is 0 Å². The van der Waals surface area contributed by atoms with Crippen molar-refractivity contribution in [3.8, 4) is 0 Å². The fraction of sp³-hybridized carbons (Fsp3) is 0.471. The van der Waals surface area contributed by atoms with Crippen molar-refractivity contribution in [1.82, 2.24) is 25.0 Å². The van der Waals surface area contributed by atoms with Gasteiger partial charge in [-0.2, -0.15) is 5.10 Å². The topological polar surface area (TPSA) is 75.1 Å². The number of anilines is 1. The Morgan fingerprint density at radius 2 is 2.33 bits per heavy atom. The summed E-state index contributed by atoms with van der Waals surface area (Å²) >= 11 is 0. The van der Waals surface area contributed by atoms with Gasteiger partial charge in [0.25, 0.3) is 5.91 Å². The molecule has 1 aliphatic heterocycles. The molecule has 2 N–H and O–H groups in total. The molecule has 1 aliphatic rings. The Morgan fingerprint density at radius 1 is 1.46 bits per heavy atom. The van der Waals surface area contributed by atoms with Crippen molar-refractivity contribution in [3.63, 3.8) is 0 Å². The van der Waals surface area contributed by atoms with E-state index in [1.54, 1.807) is 12.3 Å². The Balaban J connectivity index is 1.65. The molecule has 7 nitrogen and oxygen atoms in total. The smallest absolute Gasteiger partial charge is 0.277 e. The minimum atomic E-state index is -0.230. The lowest BCUT2D eigenvalue weighted by atomic mass is 10.1. The number of hydrogen-bond acceptors (Lipinski definition) is 5. The van der Waals surface area contributed by atoms with Crippen molar-refractivity contribution in [3.05, 3.63) is 41.9 Å². The molecule has 2 aromatic heterocycles. The highest BCUT2D eigenvalue weighted by Crippen LogP contribution is 2.16. The highest BCUT2D eigenvalue weighted by Gasteiger charge is 2.18. The lowest BCUT2D eigenvalue weighted by Gasteiger charge is -2.22. The maximum Gasteiger partial charge on any atom is 0.277 e. The second-order valence-electron chi connectivity index (χ2n) is 6.42. The van der Waals surface area contributed by atoms with Crippen LogP contribution in [0.5, 0.6) is 0 Å². The highest BCUT2D eigenvalue weighted by molar-refractivity contribution is 6.02. The Kier molecular flexibility index (Phi) is 5.22. The number of carbonyl (C=O) groups is 1. The van der Waals surface area contributed by atoms with Crippen molar-refractivity contribution in [2.45, 2.75) is 25.4 Å². The van der Waals surface area contributed by atoms with Gasteiger partial charge in [-0.05, 0) is 57.2 Å². The fourth-order valence-electron chi connectivity index (χ4n) is 2.91. The van der Waals surface area contributed by atoms with Crippen LogP contribution in [0.1, 0.15) is 34.9 Å². The monoisotopic (exact) mass is 328 g/mol. The van der Waals surface area contributed by atoms with Gasteiger partial charge in [-0.15, -0.1) is 0 Å². The number of pyridine rings is 1. The van der Waals surface area contributed by atoms with Crippen LogP contribution in [0.3, 0.4) is 0 Å². The van der Waals surface area contributed by atoms with E-state index < -0.39 is 0 Å². The number of aromatic nitrogens is 3. The zero-order chi connectivity index (χ0) is 16.9. The van der Waals surface area contributed by atoms with Gasteiger partial charge in [0.1, 0.15) is 5.82 Å². The first kappa shape index (κ1) is 16.6. The molecule has 24 heavy (non-hydrogen) atoms. The molecule has 1 unspecified atom stereocenters. The quantitative estimate of drug-likeness (QED) is 0.870. The number of hydrogen-bond donors (Lipinski definition) is 2. The minimum Gasteiger partial charge on any atom is -0.315 e. The zero-order valence-electron chi connectivity index (χ0n) is 14.2. The van der Waals surface area contributed by atoms with Crippen molar-refractivity contribution in [2.24, 2.45) is 0 Å². The van der Waals surface area contributed by atoms with Crippen LogP contribution >= 0.6 is 0 Å². The van der Waals surface area contributed by atoms with Gasteiger partial charge in [-0.25, -0.2) is 4.98 Å². The number of nitrogens with zero attached hydrogens (tertiary/aromatic N) is 4.